The average Bonchev–Trinajstić information content (AvgIpc) is 2.73. The molecule has 8 heteroatoms. The third kappa shape index (κ3) is 18.3. The van der Waals surface area contributed by atoms with E-state index in [1.165, 1.54) is 11.1 Å². The minimum Gasteiger partial charge on any atom is -1.00 e. The molecule has 216 valence electrons. The molecule has 0 radical (unpaired) electrons. The summed E-state index contributed by atoms with van der Waals surface area (Å²) in [5, 5.41) is 6.97. The van der Waals surface area contributed by atoms with Crippen molar-refractivity contribution in [1.82, 2.24) is 10.6 Å². The molecule has 0 spiro atoms. The van der Waals surface area contributed by atoms with Crippen LogP contribution in [0.1, 0.15) is 80.4 Å². The third-order valence-electron chi connectivity index (χ3n) is 4.81. The van der Waals surface area contributed by atoms with Crippen molar-refractivity contribution in [2.24, 2.45) is 0 Å². The summed E-state index contributed by atoms with van der Waals surface area (Å²) in [6.45, 7) is 22.7. The van der Waals surface area contributed by atoms with Gasteiger partial charge >= 0.3 is 0 Å². The molecule has 4 nitrogen and oxygen atoms in total. The van der Waals surface area contributed by atoms with Crippen LogP contribution in [0.25, 0.3) is 0 Å². The summed E-state index contributed by atoms with van der Waals surface area (Å²) in [5.74, 6) is 2.07. The van der Waals surface area contributed by atoms with Gasteiger partial charge in [-0.1, -0.05) is 76.6 Å². The van der Waals surface area contributed by atoms with Crippen LogP contribution in [0.15, 0.2) is 60.7 Å². The van der Waals surface area contributed by atoms with E-state index in [4.69, 9.17) is 11.6 Å². The van der Waals surface area contributed by atoms with Gasteiger partial charge in [-0.3, -0.25) is 20.6 Å². The molecule has 4 N–H and O–H groups in total. The average molecular weight is 695 g/mol. The zero-order valence-corrected chi connectivity index (χ0v) is 29.4. The highest BCUT2D eigenvalue weighted by Gasteiger charge is 2.32. The second-order valence-electron chi connectivity index (χ2n) is 12.1. The molecule has 38 heavy (non-hydrogen) atoms. The highest BCUT2D eigenvalue weighted by Crippen LogP contribution is 2.16. The fourth-order valence-electron chi connectivity index (χ4n) is 3.13. The molecule has 0 bridgehead atoms. The summed E-state index contributed by atoms with van der Waals surface area (Å²) in [7, 11) is 0. The molecule has 0 aliphatic heterocycles. The smallest absolute Gasteiger partial charge is 0.264 e. The molecule has 0 heterocycles. The van der Waals surface area contributed by atoms with Gasteiger partial charge < -0.3 is 29.4 Å². The fraction of sp³-hybridized carbons (Fsp3) is 0.533. The Bertz CT molecular complexity index is 886. The zero-order chi connectivity index (χ0) is 27.6. The first-order valence-electron chi connectivity index (χ1n) is 12.6. The van der Waals surface area contributed by atoms with Gasteiger partial charge in [0.25, 0.3) is 11.7 Å². The molecule has 0 atom stereocenters. The Hall–Kier alpha value is -1.08. The van der Waals surface area contributed by atoms with Crippen LogP contribution in [-0.4, -0.2) is 31.9 Å². The maximum absolute atomic E-state index is 6.41. The van der Waals surface area contributed by atoms with Crippen LogP contribution in [0.2, 0.25) is 0 Å². The van der Waals surface area contributed by atoms with Gasteiger partial charge in [0.1, 0.15) is 22.3 Å². The van der Waals surface area contributed by atoms with Gasteiger partial charge in [-0.2, -0.15) is 0 Å². The quantitative estimate of drug-likeness (QED) is 0.166. The van der Waals surface area contributed by atoms with Crippen LogP contribution in [0.3, 0.4) is 0 Å². The fourth-order valence-corrected chi connectivity index (χ4v) is 3.48. The second kappa shape index (κ2) is 16.9. The third-order valence-corrected chi connectivity index (χ3v) is 5.40. The van der Waals surface area contributed by atoms with Crippen LogP contribution < -0.4 is 50.0 Å². The predicted octanol–water partition coefficient (Wildman–Crippen LogP) is -1.69. The van der Waals surface area contributed by atoms with Gasteiger partial charge in [0.15, 0.2) is 0 Å². The molecular weight excluding hydrogens is 647 g/mol. The number of rotatable bonds is 6. The monoisotopic (exact) mass is 692 g/mol. The van der Waals surface area contributed by atoms with Crippen LogP contribution >= 0.6 is 27.5 Å². The molecule has 0 aliphatic rings. The lowest BCUT2D eigenvalue weighted by Crippen LogP contribution is -3.00. The first-order valence-corrected chi connectivity index (χ1v) is 13.8. The lowest BCUT2D eigenvalue weighted by molar-refractivity contribution is -0.480. The summed E-state index contributed by atoms with van der Waals surface area (Å²) in [5.41, 5.74) is 2.56. The highest BCUT2D eigenvalue weighted by molar-refractivity contribution is 9.10. The standard InChI is InChI=1S/C15H23BrN2.C15H23ClN2.BrH.ClH/c2*1-14(2,3)18-13(15(4,5)16)17-11-12-9-7-6-8-10-12;;/h2*6-10H,11H2,1-5H3,(H,17,18);2*1H. The SMILES string of the molecule is CC(C)(C)NC(=[NH+]Cc1ccccc1)C(C)(C)Br.CC(C)(C)NC(=[NH+]Cc1ccccc1)C(C)(C)Cl.[Br-].[Cl-]. The summed E-state index contributed by atoms with van der Waals surface area (Å²) in [4.78, 5) is 6.47. The maximum atomic E-state index is 6.41. The minimum atomic E-state index is -0.429. The largest absolute Gasteiger partial charge is 1.00 e. The van der Waals surface area contributed by atoms with Crippen molar-refractivity contribution in [1.29, 1.82) is 0 Å². The number of benzene rings is 2. The highest BCUT2D eigenvalue weighted by atomic mass is 79.9. The van der Waals surface area contributed by atoms with Crippen molar-refractivity contribution >= 4 is 39.2 Å². The van der Waals surface area contributed by atoms with Crippen molar-refractivity contribution in [3.05, 3.63) is 71.8 Å². The van der Waals surface area contributed by atoms with E-state index in [1.54, 1.807) is 0 Å². The molecule has 0 saturated carbocycles. The van der Waals surface area contributed by atoms with Crippen molar-refractivity contribution in [2.75, 3.05) is 0 Å². The lowest BCUT2D eigenvalue weighted by atomic mass is 10.1. The minimum absolute atomic E-state index is 0. The number of hydrogen-bond donors (Lipinski definition) is 4. The van der Waals surface area contributed by atoms with Crippen molar-refractivity contribution in [3.8, 4) is 0 Å². The van der Waals surface area contributed by atoms with E-state index in [2.05, 4.69) is 128 Å². The Balaban J connectivity index is 0. The molecule has 2 aromatic rings. The van der Waals surface area contributed by atoms with Gasteiger partial charge in [0.05, 0.1) is 11.1 Å². The predicted molar refractivity (Wildman–Crippen MR) is 161 cm³/mol. The first kappa shape index (κ1) is 39.1. The Labute approximate surface area is 262 Å². The van der Waals surface area contributed by atoms with Gasteiger partial charge in [-0.25, -0.2) is 0 Å². The van der Waals surface area contributed by atoms with E-state index in [1.807, 2.05) is 38.1 Å². The van der Waals surface area contributed by atoms with E-state index >= 15 is 0 Å². The number of amidine groups is 2. The first-order chi connectivity index (χ1) is 16.4. The summed E-state index contributed by atoms with van der Waals surface area (Å²) >= 11 is 10.1. The van der Waals surface area contributed by atoms with Gasteiger partial charge in [-0.05, 0) is 80.4 Å². The van der Waals surface area contributed by atoms with Crippen LogP contribution in [0.4, 0.5) is 0 Å². The molecule has 2 rings (SSSR count). The maximum Gasteiger partial charge on any atom is 0.264 e. The molecule has 0 fully saturated rings. The van der Waals surface area contributed by atoms with Gasteiger partial charge in [-0.15, -0.1) is 11.6 Å². The van der Waals surface area contributed by atoms with Crippen LogP contribution in [0.5, 0.6) is 0 Å². The lowest BCUT2D eigenvalue weighted by Gasteiger charge is -2.23. The Morgan fingerprint density at radius 1 is 0.658 bits per heavy atom. The van der Waals surface area contributed by atoms with Crippen molar-refractivity contribution in [2.45, 2.75) is 103 Å². The summed E-state index contributed by atoms with van der Waals surface area (Å²) < 4.78 is -0.0882. The van der Waals surface area contributed by atoms with Crippen molar-refractivity contribution in [3.63, 3.8) is 0 Å². The van der Waals surface area contributed by atoms with E-state index < -0.39 is 4.87 Å². The summed E-state index contributed by atoms with van der Waals surface area (Å²) in [6.07, 6.45) is 0. The normalized spacial score (nSPS) is 12.8. The molecule has 0 aliphatic carbocycles. The Morgan fingerprint density at radius 3 is 1.26 bits per heavy atom. The van der Waals surface area contributed by atoms with Gasteiger partial charge in [0.2, 0.25) is 0 Å². The molecular formula is C30H48Br2Cl2N4. The Morgan fingerprint density at radius 2 is 0.974 bits per heavy atom. The second-order valence-corrected chi connectivity index (χ2v) is 15.1. The van der Waals surface area contributed by atoms with Crippen LogP contribution in [0, 0.1) is 0 Å². The molecule has 0 unspecified atom stereocenters. The molecule has 0 aromatic heterocycles. The van der Waals surface area contributed by atoms with E-state index in [9.17, 15) is 0 Å². The zero-order valence-electron chi connectivity index (χ0n) is 24.7. The topological polar surface area (TPSA) is 52.0 Å². The van der Waals surface area contributed by atoms with E-state index in [0.29, 0.717) is 0 Å². The number of nitrogens with one attached hydrogen (secondary N) is 4. The summed E-state index contributed by atoms with van der Waals surface area (Å²) in [6, 6.07) is 20.7. The Kier molecular flexibility index (Phi) is 17.4. The van der Waals surface area contributed by atoms with E-state index in [0.717, 1.165) is 24.8 Å². The molecule has 0 amide bonds. The van der Waals surface area contributed by atoms with Crippen LogP contribution in [-0.2, 0) is 13.1 Å². The van der Waals surface area contributed by atoms with E-state index in [-0.39, 0.29) is 44.8 Å². The number of alkyl halides is 2. The van der Waals surface area contributed by atoms with Crippen molar-refractivity contribution < 1.29 is 39.4 Å². The van der Waals surface area contributed by atoms with Gasteiger partial charge in [0, 0.05) is 0 Å². The number of halogens is 4. The number of hydrogen-bond acceptors (Lipinski definition) is 0. The molecule has 0 saturated heterocycles. The molecule has 2 aromatic carbocycles.